The Hall–Kier alpha value is -2.44. The highest BCUT2D eigenvalue weighted by Crippen LogP contribution is 2.17. The van der Waals surface area contributed by atoms with E-state index in [-0.39, 0.29) is 11.3 Å². The van der Waals surface area contributed by atoms with E-state index in [4.69, 9.17) is 0 Å². The summed E-state index contributed by atoms with van der Waals surface area (Å²) in [6.07, 6.45) is 1.19. The van der Waals surface area contributed by atoms with Crippen LogP contribution in [0.3, 0.4) is 0 Å². The van der Waals surface area contributed by atoms with Crippen molar-refractivity contribution < 1.29 is 22.9 Å². The molecule has 7 heteroatoms. The van der Waals surface area contributed by atoms with E-state index in [0.717, 1.165) is 18.2 Å². The number of hydroxylamine groups is 1. The number of hydrogen-bond acceptors (Lipinski definition) is 4. The van der Waals surface area contributed by atoms with E-state index < -0.39 is 23.3 Å². The lowest BCUT2D eigenvalue weighted by atomic mass is 10.3. The van der Waals surface area contributed by atoms with Gasteiger partial charge in [0.15, 0.2) is 11.6 Å². The fourth-order valence-corrected chi connectivity index (χ4v) is 1.23. The molecule has 1 heterocycles. The minimum Gasteiger partial charge on any atom is -0.376 e. The van der Waals surface area contributed by atoms with Gasteiger partial charge in [-0.3, -0.25) is 4.79 Å². The summed E-state index contributed by atoms with van der Waals surface area (Å²) in [7, 11) is 0. The van der Waals surface area contributed by atoms with Crippen LogP contribution in [0.1, 0.15) is 16.1 Å². The Balaban J connectivity index is 2.06. The average Bonchev–Trinajstić information content (AvgIpc) is 2.76. The molecular formula is C11H8F2N2O3. The van der Waals surface area contributed by atoms with Crippen molar-refractivity contribution in [2.75, 3.05) is 0 Å². The summed E-state index contributed by atoms with van der Waals surface area (Å²) in [6.45, 7) is 1.53. The average molecular weight is 254 g/mol. The number of hydrogen-bond donors (Lipinski definition) is 1. The zero-order valence-electron chi connectivity index (χ0n) is 9.24. The number of nitrogens with zero attached hydrogens (tertiary/aromatic N) is 1. The molecule has 5 nitrogen and oxygen atoms in total. The number of aryl methyl sites for hydroxylation is 1. The highest BCUT2D eigenvalue weighted by Gasteiger charge is 2.14. The summed E-state index contributed by atoms with van der Waals surface area (Å²) >= 11 is 0. The first-order chi connectivity index (χ1) is 8.58. The zero-order valence-corrected chi connectivity index (χ0v) is 9.24. The Kier molecular flexibility index (Phi) is 3.22. The first-order valence-electron chi connectivity index (χ1n) is 4.91. The molecule has 0 radical (unpaired) electrons. The molecule has 2 aromatic rings. The molecule has 0 unspecified atom stereocenters. The van der Waals surface area contributed by atoms with Gasteiger partial charge in [-0.15, -0.1) is 0 Å². The van der Waals surface area contributed by atoms with Crippen molar-refractivity contribution in [3.8, 4) is 5.75 Å². The second kappa shape index (κ2) is 4.82. The molecule has 18 heavy (non-hydrogen) atoms. The molecule has 0 aliphatic rings. The maximum absolute atomic E-state index is 13.2. The van der Waals surface area contributed by atoms with Gasteiger partial charge in [0, 0.05) is 6.07 Å². The minimum atomic E-state index is -0.793. The van der Waals surface area contributed by atoms with Gasteiger partial charge < -0.3 is 9.36 Å². The summed E-state index contributed by atoms with van der Waals surface area (Å²) in [5, 5.41) is 3.40. The van der Waals surface area contributed by atoms with Crippen LogP contribution < -0.4 is 10.3 Å². The predicted molar refractivity (Wildman–Crippen MR) is 55.7 cm³/mol. The maximum atomic E-state index is 13.2. The number of carbonyl (C=O) groups excluding carboxylic acids is 1. The third-order valence-corrected chi connectivity index (χ3v) is 2.14. The van der Waals surface area contributed by atoms with Gasteiger partial charge in [0.1, 0.15) is 17.1 Å². The Labute approximate surface area is 100 Å². The van der Waals surface area contributed by atoms with E-state index in [1.165, 1.54) is 13.1 Å². The lowest BCUT2D eigenvalue weighted by Gasteiger charge is -2.06. The van der Waals surface area contributed by atoms with Crippen molar-refractivity contribution in [2.45, 2.75) is 6.92 Å². The van der Waals surface area contributed by atoms with E-state index in [1.54, 1.807) is 0 Å². The number of nitrogens with one attached hydrogen (secondary N) is 1. The number of aromatic nitrogens is 1. The number of halogens is 2. The van der Waals surface area contributed by atoms with E-state index in [1.807, 2.05) is 5.48 Å². The van der Waals surface area contributed by atoms with Crippen molar-refractivity contribution in [3.05, 3.63) is 47.4 Å². The zero-order chi connectivity index (χ0) is 13.1. The van der Waals surface area contributed by atoms with Crippen LogP contribution in [0.5, 0.6) is 5.75 Å². The molecule has 0 saturated carbocycles. The summed E-state index contributed by atoms with van der Waals surface area (Å²) in [6, 6.07) is 2.64. The quantitative estimate of drug-likeness (QED) is 0.850. The SMILES string of the molecule is Cc1oncc1C(=O)NOc1cc(F)ccc1F. The van der Waals surface area contributed by atoms with Crippen LogP contribution in [-0.2, 0) is 0 Å². The largest absolute Gasteiger partial charge is 0.376 e. The van der Waals surface area contributed by atoms with Crippen LogP contribution in [0.15, 0.2) is 28.9 Å². The first-order valence-corrected chi connectivity index (χ1v) is 4.91. The summed E-state index contributed by atoms with van der Waals surface area (Å²) in [5.41, 5.74) is 2.11. The highest BCUT2D eigenvalue weighted by molar-refractivity contribution is 5.94. The standard InChI is InChI=1S/C11H8F2N2O3/c1-6-8(5-14-17-6)11(16)15-18-10-4-7(12)2-3-9(10)13/h2-5H,1H3,(H,15,16). The smallest absolute Gasteiger partial charge is 0.289 e. The molecule has 0 aliphatic carbocycles. The van der Waals surface area contributed by atoms with Crippen molar-refractivity contribution >= 4 is 5.91 Å². The maximum Gasteiger partial charge on any atom is 0.289 e. The molecule has 0 saturated heterocycles. The Morgan fingerprint density at radius 3 is 2.89 bits per heavy atom. The van der Waals surface area contributed by atoms with Crippen LogP contribution in [0.4, 0.5) is 8.78 Å². The Morgan fingerprint density at radius 1 is 1.44 bits per heavy atom. The second-order valence-electron chi connectivity index (χ2n) is 3.40. The predicted octanol–water partition coefficient (Wildman–Crippen LogP) is 1.99. The third kappa shape index (κ3) is 2.45. The summed E-state index contributed by atoms with van der Waals surface area (Å²) in [5.74, 6) is -2.27. The molecule has 0 spiro atoms. The lowest BCUT2D eigenvalue weighted by molar-refractivity contribution is 0.0749. The molecule has 1 N–H and O–H groups in total. The Morgan fingerprint density at radius 2 is 2.22 bits per heavy atom. The second-order valence-corrected chi connectivity index (χ2v) is 3.40. The van der Waals surface area contributed by atoms with E-state index in [0.29, 0.717) is 0 Å². The number of rotatable bonds is 3. The molecule has 1 aromatic heterocycles. The molecule has 0 atom stereocenters. The molecule has 94 valence electrons. The van der Waals surface area contributed by atoms with Crippen LogP contribution in [-0.4, -0.2) is 11.1 Å². The molecule has 2 rings (SSSR count). The van der Waals surface area contributed by atoms with E-state index >= 15 is 0 Å². The molecule has 0 bridgehead atoms. The minimum absolute atomic E-state index is 0.145. The van der Waals surface area contributed by atoms with Crippen molar-refractivity contribution in [2.24, 2.45) is 0 Å². The lowest BCUT2D eigenvalue weighted by Crippen LogP contribution is -2.27. The molecular weight excluding hydrogens is 246 g/mol. The van der Waals surface area contributed by atoms with Crippen LogP contribution in [0, 0.1) is 18.6 Å². The summed E-state index contributed by atoms with van der Waals surface area (Å²) < 4.78 is 30.7. The number of carbonyl (C=O) groups is 1. The van der Waals surface area contributed by atoms with Gasteiger partial charge in [-0.25, -0.2) is 8.78 Å². The fraction of sp³-hybridized carbons (Fsp3) is 0.0909. The van der Waals surface area contributed by atoms with Crippen molar-refractivity contribution in [1.29, 1.82) is 0 Å². The highest BCUT2D eigenvalue weighted by atomic mass is 19.1. The fourth-order valence-electron chi connectivity index (χ4n) is 1.23. The van der Waals surface area contributed by atoms with E-state index in [9.17, 15) is 13.6 Å². The van der Waals surface area contributed by atoms with Crippen LogP contribution >= 0.6 is 0 Å². The van der Waals surface area contributed by atoms with Crippen molar-refractivity contribution in [3.63, 3.8) is 0 Å². The van der Waals surface area contributed by atoms with Crippen molar-refractivity contribution in [1.82, 2.24) is 10.6 Å². The summed E-state index contributed by atoms with van der Waals surface area (Å²) in [4.78, 5) is 16.2. The van der Waals surface area contributed by atoms with Crippen LogP contribution in [0.25, 0.3) is 0 Å². The molecule has 0 fully saturated rings. The Bertz CT molecular complexity index is 583. The van der Waals surface area contributed by atoms with Gasteiger partial charge >= 0.3 is 0 Å². The number of amides is 1. The molecule has 0 aliphatic heterocycles. The van der Waals surface area contributed by atoms with Crippen LogP contribution in [0.2, 0.25) is 0 Å². The van der Waals surface area contributed by atoms with Gasteiger partial charge in [-0.2, -0.15) is 5.48 Å². The van der Waals surface area contributed by atoms with E-state index in [2.05, 4.69) is 14.5 Å². The monoisotopic (exact) mass is 254 g/mol. The molecule has 1 aromatic carbocycles. The topological polar surface area (TPSA) is 64.4 Å². The van der Waals surface area contributed by atoms with Gasteiger partial charge in [0.2, 0.25) is 0 Å². The molecule has 1 amide bonds. The third-order valence-electron chi connectivity index (χ3n) is 2.14. The first kappa shape index (κ1) is 12.0. The van der Waals surface area contributed by atoms with Gasteiger partial charge in [-0.1, -0.05) is 5.16 Å². The van der Waals surface area contributed by atoms with Gasteiger partial charge in [0.05, 0.1) is 6.20 Å². The van der Waals surface area contributed by atoms with Gasteiger partial charge in [0.25, 0.3) is 5.91 Å². The van der Waals surface area contributed by atoms with Gasteiger partial charge in [-0.05, 0) is 19.1 Å². The normalized spacial score (nSPS) is 10.2. The number of benzene rings is 1.